The van der Waals surface area contributed by atoms with Crippen molar-refractivity contribution < 1.29 is 9.53 Å². The van der Waals surface area contributed by atoms with Crippen LogP contribution in [0.25, 0.3) is 22.2 Å². The summed E-state index contributed by atoms with van der Waals surface area (Å²) in [4.78, 5) is 13.1. The Balaban J connectivity index is 2.05. The summed E-state index contributed by atoms with van der Waals surface area (Å²) in [6.45, 7) is 1.98. The summed E-state index contributed by atoms with van der Waals surface area (Å²) in [5.74, 6) is 0.862. The van der Waals surface area contributed by atoms with Crippen LogP contribution in [-0.2, 0) is 6.54 Å². The third-order valence-electron chi connectivity index (χ3n) is 4.44. The lowest BCUT2D eigenvalue weighted by molar-refractivity contribution is 0.112. The van der Waals surface area contributed by atoms with Gasteiger partial charge in [-0.25, -0.2) is 0 Å². The third-order valence-corrected chi connectivity index (χ3v) is 4.44. The summed E-state index contributed by atoms with van der Waals surface area (Å²) in [6, 6.07) is 16.1. The van der Waals surface area contributed by atoms with Crippen LogP contribution >= 0.6 is 0 Å². The van der Waals surface area contributed by atoms with E-state index in [9.17, 15) is 4.79 Å². The van der Waals surface area contributed by atoms with E-state index in [0.29, 0.717) is 5.56 Å². The number of benzene rings is 2. The van der Waals surface area contributed by atoms with E-state index in [1.165, 1.54) is 16.6 Å². The lowest BCUT2D eigenvalue weighted by Gasteiger charge is -2.14. The van der Waals surface area contributed by atoms with Gasteiger partial charge in [0.15, 0.2) is 0 Å². The Labute approximate surface area is 148 Å². The standard InChI is InChI=1S/C21H24N2O2/c1-22(2)11-4-12-23-20-10-9-19(25-3)13-18(20)14-21(23)17-7-5-16(15-24)6-8-17/h5-10,13-15H,4,11-12H2,1-3H3. The van der Waals surface area contributed by atoms with Crippen molar-refractivity contribution in [3.63, 3.8) is 0 Å². The fourth-order valence-corrected chi connectivity index (χ4v) is 3.13. The molecule has 0 aliphatic heterocycles. The van der Waals surface area contributed by atoms with Gasteiger partial charge in [0.1, 0.15) is 12.0 Å². The number of hydrogen-bond donors (Lipinski definition) is 0. The van der Waals surface area contributed by atoms with E-state index < -0.39 is 0 Å². The number of fused-ring (bicyclic) bond motifs is 1. The molecule has 0 unspecified atom stereocenters. The molecule has 0 saturated heterocycles. The summed E-state index contributed by atoms with van der Waals surface area (Å²) < 4.78 is 7.72. The zero-order chi connectivity index (χ0) is 17.8. The van der Waals surface area contributed by atoms with Crippen molar-refractivity contribution in [2.75, 3.05) is 27.7 Å². The maximum atomic E-state index is 10.9. The summed E-state index contributed by atoms with van der Waals surface area (Å²) in [5.41, 5.74) is 4.18. The predicted molar refractivity (Wildman–Crippen MR) is 102 cm³/mol. The largest absolute Gasteiger partial charge is 0.497 e. The molecule has 1 heterocycles. The molecule has 2 aromatic carbocycles. The molecular weight excluding hydrogens is 312 g/mol. The van der Waals surface area contributed by atoms with Crippen LogP contribution in [0.15, 0.2) is 48.5 Å². The maximum absolute atomic E-state index is 10.9. The summed E-state index contributed by atoms with van der Waals surface area (Å²) in [6.07, 6.45) is 1.95. The minimum atomic E-state index is 0.695. The second-order valence-electron chi connectivity index (χ2n) is 6.50. The SMILES string of the molecule is COc1ccc2c(c1)cc(-c1ccc(C=O)cc1)n2CCCN(C)C. The highest BCUT2D eigenvalue weighted by atomic mass is 16.5. The van der Waals surface area contributed by atoms with Gasteiger partial charge in [0, 0.05) is 28.7 Å². The van der Waals surface area contributed by atoms with Crippen molar-refractivity contribution in [1.29, 1.82) is 0 Å². The molecule has 0 spiro atoms. The molecule has 0 atom stereocenters. The Kier molecular flexibility index (Phi) is 5.19. The topological polar surface area (TPSA) is 34.5 Å². The predicted octanol–water partition coefficient (Wildman–Crippen LogP) is 4.08. The Morgan fingerprint density at radius 3 is 2.48 bits per heavy atom. The molecule has 0 radical (unpaired) electrons. The van der Waals surface area contributed by atoms with Crippen LogP contribution < -0.4 is 4.74 Å². The number of nitrogens with zero attached hydrogens (tertiary/aromatic N) is 2. The average Bonchev–Trinajstić information content (AvgIpc) is 2.99. The molecule has 0 bridgehead atoms. The van der Waals surface area contributed by atoms with E-state index in [4.69, 9.17) is 4.74 Å². The van der Waals surface area contributed by atoms with Gasteiger partial charge in [-0.2, -0.15) is 0 Å². The van der Waals surface area contributed by atoms with Gasteiger partial charge in [0.2, 0.25) is 0 Å². The molecule has 0 saturated carbocycles. The van der Waals surface area contributed by atoms with Gasteiger partial charge in [-0.15, -0.1) is 0 Å². The second-order valence-corrected chi connectivity index (χ2v) is 6.50. The molecular formula is C21H24N2O2. The Morgan fingerprint density at radius 1 is 1.08 bits per heavy atom. The monoisotopic (exact) mass is 336 g/mol. The quantitative estimate of drug-likeness (QED) is 0.610. The van der Waals surface area contributed by atoms with Gasteiger partial charge < -0.3 is 14.2 Å². The molecule has 0 aliphatic rings. The summed E-state index contributed by atoms with van der Waals surface area (Å²) >= 11 is 0. The third kappa shape index (κ3) is 3.74. The number of methoxy groups -OCH3 is 1. The molecule has 0 N–H and O–H groups in total. The number of aldehydes is 1. The van der Waals surface area contributed by atoms with E-state index in [-0.39, 0.29) is 0 Å². The van der Waals surface area contributed by atoms with Crippen LogP contribution in [-0.4, -0.2) is 43.5 Å². The van der Waals surface area contributed by atoms with E-state index in [2.05, 4.69) is 41.8 Å². The van der Waals surface area contributed by atoms with E-state index >= 15 is 0 Å². The highest BCUT2D eigenvalue weighted by Gasteiger charge is 2.11. The Hall–Kier alpha value is -2.59. The summed E-state index contributed by atoms with van der Waals surface area (Å²) in [7, 11) is 5.88. The van der Waals surface area contributed by atoms with E-state index in [1.54, 1.807) is 7.11 Å². The van der Waals surface area contributed by atoms with Crippen molar-refractivity contribution >= 4 is 17.2 Å². The van der Waals surface area contributed by atoms with Gasteiger partial charge in [-0.3, -0.25) is 4.79 Å². The van der Waals surface area contributed by atoms with E-state index in [0.717, 1.165) is 37.1 Å². The van der Waals surface area contributed by atoms with Crippen molar-refractivity contribution in [3.05, 3.63) is 54.1 Å². The van der Waals surface area contributed by atoms with E-state index in [1.807, 2.05) is 30.3 Å². The first-order valence-electron chi connectivity index (χ1n) is 8.50. The zero-order valence-corrected chi connectivity index (χ0v) is 15.0. The zero-order valence-electron chi connectivity index (χ0n) is 15.0. The Bertz CT molecular complexity index is 863. The number of hydrogen-bond acceptors (Lipinski definition) is 3. The maximum Gasteiger partial charge on any atom is 0.150 e. The van der Waals surface area contributed by atoms with Gasteiger partial charge >= 0.3 is 0 Å². The fourth-order valence-electron chi connectivity index (χ4n) is 3.13. The summed E-state index contributed by atoms with van der Waals surface area (Å²) in [5, 5.41) is 1.17. The molecule has 0 amide bonds. The molecule has 130 valence electrons. The van der Waals surface area contributed by atoms with Crippen LogP contribution in [0.5, 0.6) is 5.75 Å². The Morgan fingerprint density at radius 2 is 1.84 bits per heavy atom. The first-order valence-corrected chi connectivity index (χ1v) is 8.50. The molecule has 4 nitrogen and oxygen atoms in total. The molecule has 1 aromatic heterocycles. The van der Waals surface area contributed by atoms with Crippen LogP contribution in [0.1, 0.15) is 16.8 Å². The average molecular weight is 336 g/mol. The lowest BCUT2D eigenvalue weighted by Crippen LogP contribution is -2.15. The van der Waals surface area contributed by atoms with Crippen molar-refractivity contribution in [2.45, 2.75) is 13.0 Å². The van der Waals surface area contributed by atoms with Crippen LogP contribution in [0.2, 0.25) is 0 Å². The molecule has 4 heteroatoms. The molecule has 0 aliphatic carbocycles. The number of carbonyl (C=O) groups excluding carboxylic acids is 1. The second kappa shape index (κ2) is 7.53. The molecule has 3 aromatic rings. The van der Waals surface area contributed by atoms with Gasteiger partial charge in [0.25, 0.3) is 0 Å². The first-order chi connectivity index (χ1) is 12.1. The number of aromatic nitrogens is 1. The molecule has 25 heavy (non-hydrogen) atoms. The first kappa shape index (κ1) is 17.2. The molecule has 3 rings (SSSR count). The van der Waals surface area contributed by atoms with Crippen molar-refractivity contribution in [2.24, 2.45) is 0 Å². The normalized spacial score (nSPS) is 11.2. The highest BCUT2D eigenvalue weighted by molar-refractivity contribution is 5.88. The highest BCUT2D eigenvalue weighted by Crippen LogP contribution is 2.31. The minimum absolute atomic E-state index is 0.695. The molecule has 0 fully saturated rings. The van der Waals surface area contributed by atoms with Crippen LogP contribution in [0, 0.1) is 0 Å². The fraction of sp³-hybridized carbons (Fsp3) is 0.286. The number of aryl methyl sites for hydroxylation is 1. The van der Waals surface area contributed by atoms with Crippen molar-refractivity contribution in [3.8, 4) is 17.0 Å². The van der Waals surface area contributed by atoms with Gasteiger partial charge in [-0.1, -0.05) is 24.3 Å². The minimum Gasteiger partial charge on any atom is -0.497 e. The van der Waals surface area contributed by atoms with Crippen LogP contribution in [0.4, 0.5) is 0 Å². The van der Waals surface area contributed by atoms with Crippen LogP contribution in [0.3, 0.4) is 0 Å². The van der Waals surface area contributed by atoms with Gasteiger partial charge in [-0.05, 0) is 56.9 Å². The lowest BCUT2D eigenvalue weighted by atomic mass is 10.1. The number of rotatable bonds is 7. The number of ether oxygens (including phenoxy) is 1. The van der Waals surface area contributed by atoms with Gasteiger partial charge in [0.05, 0.1) is 7.11 Å². The van der Waals surface area contributed by atoms with Crippen molar-refractivity contribution in [1.82, 2.24) is 9.47 Å². The number of carbonyl (C=O) groups is 1. The smallest absolute Gasteiger partial charge is 0.150 e.